The lowest BCUT2D eigenvalue weighted by atomic mass is 10.00. The lowest BCUT2D eigenvalue weighted by Gasteiger charge is -2.29. The summed E-state index contributed by atoms with van der Waals surface area (Å²) < 4.78 is 46.7. The van der Waals surface area contributed by atoms with Crippen molar-refractivity contribution in [2.75, 3.05) is 18.9 Å². The SMILES string of the molecule is CNc1c(O)ccc(CCN(Cc2ccc(C(=O)O)cc2C(F)(F)F)C(=O)OC(C)(C)C)c1/C=C\C=O. The van der Waals surface area contributed by atoms with E-state index in [9.17, 15) is 32.7 Å². The van der Waals surface area contributed by atoms with Gasteiger partial charge in [0.25, 0.3) is 0 Å². The van der Waals surface area contributed by atoms with Gasteiger partial charge in [0.15, 0.2) is 0 Å². The van der Waals surface area contributed by atoms with Gasteiger partial charge in [0, 0.05) is 25.7 Å². The summed E-state index contributed by atoms with van der Waals surface area (Å²) in [6, 6.07) is 5.61. The van der Waals surface area contributed by atoms with Gasteiger partial charge in [0.2, 0.25) is 0 Å². The third-order valence-electron chi connectivity index (χ3n) is 5.23. The molecule has 200 valence electrons. The summed E-state index contributed by atoms with van der Waals surface area (Å²) in [7, 11) is 1.57. The van der Waals surface area contributed by atoms with Crippen LogP contribution < -0.4 is 5.32 Å². The van der Waals surface area contributed by atoms with Crippen molar-refractivity contribution in [2.24, 2.45) is 0 Å². The number of carbonyl (C=O) groups is 3. The zero-order valence-electron chi connectivity index (χ0n) is 20.8. The molecule has 0 aliphatic heterocycles. The molecule has 2 aromatic carbocycles. The van der Waals surface area contributed by atoms with Crippen LogP contribution in [0.5, 0.6) is 5.75 Å². The van der Waals surface area contributed by atoms with Crippen molar-refractivity contribution in [2.45, 2.75) is 45.5 Å². The van der Waals surface area contributed by atoms with Crippen LogP contribution in [0.4, 0.5) is 23.7 Å². The normalized spacial score (nSPS) is 11.9. The number of phenolic OH excluding ortho intramolecular Hbond substituents is 1. The smallest absolute Gasteiger partial charge is 0.416 e. The van der Waals surface area contributed by atoms with Crippen LogP contribution in [0.15, 0.2) is 36.4 Å². The molecule has 0 aliphatic carbocycles. The van der Waals surface area contributed by atoms with Crippen molar-refractivity contribution in [1.29, 1.82) is 0 Å². The Labute approximate surface area is 212 Å². The second kappa shape index (κ2) is 11.8. The predicted octanol–water partition coefficient (Wildman–Crippen LogP) is 5.34. The average Bonchev–Trinajstić information content (AvgIpc) is 2.79. The number of carboxylic acid groups (broad SMARTS) is 1. The minimum atomic E-state index is -4.86. The zero-order chi connectivity index (χ0) is 28.0. The van der Waals surface area contributed by atoms with Crippen LogP contribution in [0.2, 0.25) is 0 Å². The maximum atomic E-state index is 13.8. The standard InChI is InChI=1S/C26H29F3N2O6/c1-25(2,3)37-24(36)31(15-18-8-7-17(23(34)35)14-20(18)26(27,28)29)12-11-16-9-10-21(33)22(30-4)19(16)6-5-13-32/h5-10,13-14,30,33H,11-12,15H2,1-4H3,(H,34,35)/b6-5-. The highest BCUT2D eigenvalue weighted by atomic mass is 19.4. The molecule has 0 heterocycles. The number of alkyl halides is 3. The number of amides is 1. The van der Waals surface area contributed by atoms with Gasteiger partial charge >= 0.3 is 18.2 Å². The number of hydrogen-bond acceptors (Lipinski definition) is 6. The molecule has 2 rings (SSSR count). The molecule has 0 bridgehead atoms. The third-order valence-corrected chi connectivity index (χ3v) is 5.23. The monoisotopic (exact) mass is 522 g/mol. The van der Waals surface area contributed by atoms with E-state index in [0.29, 0.717) is 29.2 Å². The van der Waals surface area contributed by atoms with E-state index >= 15 is 0 Å². The molecule has 11 heteroatoms. The van der Waals surface area contributed by atoms with Crippen molar-refractivity contribution < 1.29 is 42.5 Å². The molecule has 0 saturated carbocycles. The first kappa shape index (κ1) is 29.2. The minimum Gasteiger partial charge on any atom is -0.506 e. The summed E-state index contributed by atoms with van der Waals surface area (Å²) in [6.07, 6.45) is -2.32. The number of carboxylic acids is 1. The number of aldehydes is 1. The number of nitrogens with zero attached hydrogens (tertiary/aromatic N) is 1. The van der Waals surface area contributed by atoms with Crippen molar-refractivity contribution in [3.05, 3.63) is 64.2 Å². The fourth-order valence-electron chi connectivity index (χ4n) is 3.59. The number of phenols is 1. The van der Waals surface area contributed by atoms with Crippen LogP contribution in [0.1, 0.15) is 53.4 Å². The van der Waals surface area contributed by atoms with E-state index in [-0.39, 0.29) is 24.3 Å². The first-order valence-electron chi connectivity index (χ1n) is 11.2. The van der Waals surface area contributed by atoms with E-state index in [4.69, 9.17) is 9.84 Å². The molecule has 37 heavy (non-hydrogen) atoms. The lowest BCUT2D eigenvalue weighted by molar-refractivity contribution is -0.138. The van der Waals surface area contributed by atoms with E-state index in [1.54, 1.807) is 33.9 Å². The number of ether oxygens (including phenoxy) is 1. The fourth-order valence-corrected chi connectivity index (χ4v) is 3.59. The average molecular weight is 523 g/mol. The summed E-state index contributed by atoms with van der Waals surface area (Å²) in [5.41, 5.74) is -1.51. The summed E-state index contributed by atoms with van der Waals surface area (Å²) in [5.74, 6) is -1.58. The van der Waals surface area contributed by atoms with Crippen LogP contribution in [0, 0.1) is 0 Å². The lowest BCUT2D eigenvalue weighted by Crippen LogP contribution is -2.38. The van der Waals surface area contributed by atoms with Gasteiger partial charge in [-0.1, -0.05) is 12.1 Å². The van der Waals surface area contributed by atoms with Crippen molar-refractivity contribution >= 4 is 30.1 Å². The van der Waals surface area contributed by atoms with Crippen molar-refractivity contribution in [3.8, 4) is 5.75 Å². The number of rotatable bonds is 9. The van der Waals surface area contributed by atoms with Crippen LogP contribution in [0.25, 0.3) is 6.08 Å². The molecule has 0 unspecified atom stereocenters. The first-order valence-corrected chi connectivity index (χ1v) is 11.2. The molecule has 0 spiro atoms. The van der Waals surface area contributed by atoms with Gasteiger partial charge in [0.05, 0.1) is 16.8 Å². The Hall–Kier alpha value is -4.02. The van der Waals surface area contributed by atoms with Gasteiger partial charge in [-0.05, 0) is 68.7 Å². The fraction of sp³-hybridized carbons (Fsp3) is 0.346. The van der Waals surface area contributed by atoms with Gasteiger partial charge in [-0.3, -0.25) is 4.79 Å². The van der Waals surface area contributed by atoms with Crippen LogP contribution >= 0.6 is 0 Å². The quantitative estimate of drug-likeness (QED) is 0.231. The highest BCUT2D eigenvalue weighted by Gasteiger charge is 2.35. The van der Waals surface area contributed by atoms with Gasteiger partial charge in [-0.2, -0.15) is 13.2 Å². The van der Waals surface area contributed by atoms with Crippen molar-refractivity contribution in [3.63, 3.8) is 0 Å². The van der Waals surface area contributed by atoms with Crippen molar-refractivity contribution in [1.82, 2.24) is 4.90 Å². The molecular formula is C26H29F3N2O6. The number of aromatic hydroxyl groups is 1. The number of aromatic carboxylic acids is 1. The predicted molar refractivity (Wildman–Crippen MR) is 132 cm³/mol. The summed E-state index contributed by atoms with van der Waals surface area (Å²) in [5, 5.41) is 22.1. The van der Waals surface area contributed by atoms with E-state index in [1.165, 1.54) is 18.2 Å². The molecule has 0 atom stereocenters. The zero-order valence-corrected chi connectivity index (χ0v) is 20.8. The summed E-state index contributed by atoms with van der Waals surface area (Å²) in [4.78, 5) is 36.2. The molecule has 2 aromatic rings. The van der Waals surface area contributed by atoms with E-state index in [1.807, 2.05) is 0 Å². The minimum absolute atomic E-state index is 0.0749. The second-order valence-electron chi connectivity index (χ2n) is 9.10. The molecule has 0 aromatic heterocycles. The largest absolute Gasteiger partial charge is 0.506 e. The Bertz CT molecular complexity index is 1190. The number of anilines is 1. The van der Waals surface area contributed by atoms with E-state index < -0.39 is 41.5 Å². The van der Waals surface area contributed by atoms with Crippen LogP contribution in [-0.2, 0) is 28.7 Å². The van der Waals surface area contributed by atoms with Gasteiger partial charge in [-0.15, -0.1) is 0 Å². The Kier molecular flexibility index (Phi) is 9.32. The molecule has 0 radical (unpaired) electrons. The molecule has 8 nitrogen and oxygen atoms in total. The van der Waals surface area contributed by atoms with Gasteiger partial charge < -0.3 is 25.2 Å². The van der Waals surface area contributed by atoms with E-state index in [2.05, 4.69) is 5.32 Å². The molecule has 1 amide bonds. The first-order chi connectivity index (χ1) is 17.2. The molecule has 3 N–H and O–H groups in total. The van der Waals surface area contributed by atoms with Gasteiger partial charge in [-0.25, -0.2) is 9.59 Å². The molecule has 0 saturated heterocycles. The summed E-state index contributed by atoms with van der Waals surface area (Å²) >= 11 is 0. The number of carbonyl (C=O) groups excluding carboxylic acids is 2. The maximum absolute atomic E-state index is 13.8. The molecular weight excluding hydrogens is 493 g/mol. The van der Waals surface area contributed by atoms with Crippen LogP contribution in [-0.4, -0.2) is 52.7 Å². The number of nitrogens with one attached hydrogen (secondary N) is 1. The number of allylic oxidation sites excluding steroid dienone is 1. The second-order valence-corrected chi connectivity index (χ2v) is 9.10. The number of benzene rings is 2. The Morgan fingerprint density at radius 3 is 2.30 bits per heavy atom. The highest BCUT2D eigenvalue weighted by Crippen LogP contribution is 2.34. The highest BCUT2D eigenvalue weighted by molar-refractivity contribution is 5.88. The summed E-state index contributed by atoms with van der Waals surface area (Å²) in [6.45, 7) is 4.27. The van der Waals surface area contributed by atoms with Gasteiger partial charge in [0.1, 0.15) is 17.6 Å². The number of halogens is 3. The Morgan fingerprint density at radius 1 is 1.11 bits per heavy atom. The Morgan fingerprint density at radius 2 is 1.76 bits per heavy atom. The van der Waals surface area contributed by atoms with Crippen LogP contribution in [0.3, 0.4) is 0 Å². The molecule has 0 aliphatic rings. The number of hydrogen-bond donors (Lipinski definition) is 3. The Balaban J connectivity index is 2.49. The topological polar surface area (TPSA) is 116 Å². The third kappa shape index (κ3) is 7.99. The van der Waals surface area contributed by atoms with E-state index in [0.717, 1.165) is 17.0 Å². The maximum Gasteiger partial charge on any atom is 0.416 e. The molecule has 0 fully saturated rings.